The van der Waals surface area contributed by atoms with Crippen molar-refractivity contribution in [1.82, 2.24) is 4.57 Å². The molecule has 0 N–H and O–H groups in total. The van der Waals surface area contributed by atoms with E-state index in [4.69, 9.17) is 0 Å². The Morgan fingerprint density at radius 2 is 1.84 bits per heavy atom. The predicted molar refractivity (Wildman–Crippen MR) is 111 cm³/mol. The molecule has 1 heterocycles. The number of esters is 1. The van der Waals surface area contributed by atoms with E-state index in [0.29, 0.717) is 12.8 Å². The number of carbonyl (C=O) groups is 1. The molecule has 162 valence electrons. The number of rotatable bonds is 5. The Hall–Kier alpha value is -3.07. The Kier molecular flexibility index (Phi) is 5.17. The fourth-order valence-corrected chi connectivity index (χ4v) is 5.14. The van der Waals surface area contributed by atoms with E-state index in [-0.39, 0.29) is 28.1 Å². The minimum absolute atomic E-state index is 0.187. The van der Waals surface area contributed by atoms with Gasteiger partial charge < -0.3 is 9.30 Å². The molecule has 1 aliphatic rings. The molecule has 0 aliphatic heterocycles. The second-order valence-electron chi connectivity index (χ2n) is 7.60. The van der Waals surface area contributed by atoms with Gasteiger partial charge in [-0.2, -0.15) is 0 Å². The lowest BCUT2D eigenvalue weighted by Crippen LogP contribution is -2.23. The Morgan fingerprint density at radius 3 is 2.39 bits per heavy atom. The zero-order valence-electron chi connectivity index (χ0n) is 16.8. The van der Waals surface area contributed by atoms with Crippen molar-refractivity contribution in [2.24, 2.45) is 0 Å². The van der Waals surface area contributed by atoms with Crippen molar-refractivity contribution in [3.63, 3.8) is 0 Å². The first-order valence-electron chi connectivity index (χ1n) is 9.54. The normalized spacial score (nSPS) is 15.1. The van der Waals surface area contributed by atoms with Crippen molar-refractivity contribution >= 4 is 26.7 Å². The van der Waals surface area contributed by atoms with E-state index in [1.807, 2.05) is 0 Å². The summed E-state index contributed by atoms with van der Waals surface area (Å²) in [5.74, 6) is -3.22. The summed E-state index contributed by atoms with van der Waals surface area (Å²) in [5.41, 5.74) is -1.88. The highest BCUT2D eigenvalue weighted by Gasteiger charge is 2.35. The number of hydrogen-bond donors (Lipinski definition) is 0. The number of pyridine rings is 1. The number of hydrogen-bond acceptors (Lipinski definition) is 5. The summed E-state index contributed by atoms with van der Waals surface area (Å²) in [5, 5.41) is -1.94. The molecule has 4 rings (SSSR count). The Labute approximate surface area is 177 Å². The number of fused-ring (bicyclic) bond motifs is 1. The number of halogens is 2. The van der Waals surface area contributed by atoms with Crippen LogP contribution in [0.4, 0.5) is 8.78 Å². The molecular formula is C22H19F2NO5S. The van der Waals surface area contributed by atoms with Gasteiger partial charge in [0.1, 0.15) is 16.6 Å². The summed E-state index contributed by atoms with van der Waals surface area (Å²) in [6.45, 7) is 0. The van der Waals surface area contributed by atoms with Crippen molar-refractivity contribution in [1.29, 1.82) is 0 Å². The van der Waals surface area contributed by atoms with Crippen LogP contribution >= 0.6 is 0 Å². The molecule has 2 aromatic carbocycles. The molecule has 3 aromatic rings. The van der Waals surface area contributed by atoms with Crippen molar-refractivity contribution in [3.8, 4) is 0 Å². The van der Waals surface area contributed by atoms with E-state index >= 15 is 8.78 Å². The Morgan fingerprint density at radius 1 is 1.19 bits per heavy atom. The summed E-state index contributed by atoms with van der Waals surface area (Å²) in [6.07, 6.45) is 3.47. The van der Waals surface area contributed by atoms with Crippen molar-refractivity contribution in [2.75, 3.05) is 13.4 Å². The lowest BCUT2D eigenvalue weighted by Gasteiger charge is -2.20. The van der Waals surface area contributed by atoms with E-state index in [0.717, 1.165) is 19.4 Å². The molecule has 0 bridgehead atoms. The molecule has 9 heteroatoms. The molecule has 6 nitrogen and oxygen atoms in total. The number of ether oxygens (including phenoxy) is 1. The summed E-state index contributed by atoms with van der Waals surface area (Å²) in [4.78, 5) is 24.8. The van der Waals surface area contributed by atoms with Crippen molar-refractivity contribution in [2.45, 2.75) is 24.1 Å². The third-order valence-electron chi connectivity index (χ3n) is 5.38. The minimum atomic E-state index is -3.98. The maximum atomic E-state index is 15.9. The molecule has 1 unspecified atom stereocenters. The number of benzene rings is 2. The predicted octanol–water partition coefficient (Wildman–Crippen LogP) is 3.54. The van der Waals surface area contributed by atoms with Crippen LogP contribution in [0.15, 0.2) is 47.4 Å². The van der Waals surface area contributed by atoms with E-state index in [9.17, 15) is 18.0 Å². The smallest absolute Gasteiger partial charge is 0.343 e. The molecule has 1 aliphatic carbocycles. The zero-order chi connectivity index (χ0) is 22.5. The monoisotopic (exact) mass is 447 g/mol. The number of nitrogens with zero attached hydrogens (tertiary/aromatic N) is 1. The molecule has 1 saturated carbocycles. The fourth-order valence-electron chi connectivity index (χ4n) is 3.85. The standard InChI is InChI=1S/C22H19F2NO5S/c1-30-22(27)15-11-25(13-8-9-13)19-14(20(15)26)10-16(23)17(18(19)24)21(31(2,28)29)12-6-4-3-5-7-12/h3-7,10-11,13,21H,8-9H2,1-2H3. The van der Waals surface area contributed by atoms with Gasteiger partial charge in [0.05, 0.1) is 18.0 Å². The molecule has 31 heavy (non-hydrogen) atoms. The minimum Gasteiger partial charge on any atom is -0.465 e. The van der Waals surface area contributed by atoms with Gasteiger partial charge in [0.25, 0.3) is 0 Å². The molecule has 1 fully saturated rings. The van der Waals surface area contributed by atoms with Crippen molar-refractivity contribution in [3.05, 3.63) is 81.1 Å². The third kappa shape index (κ3) is 3.63. The van der Waals surface area contributed by atoms with Crippen LogP contribution in [-0.4, -0.2) is 32.3 Å². The van der Waals surface area contributed by atoms with Crippen LogP contribution in [0.1, 0.15) is 45.6 Å². The first-order valence-corrected chi connectivity index (χ1v) is 11.5. The Balaban J connectivity index is 2.11. The van der Waals surface area contributed by atoms with E-state index in [1.54, 1.807) is 18.2 Å². The fraction of sp³-hybridized carbons (Fsp3) is 0.273. The van der Waals surface area contributed by atoms with Crippen molar-refractivity contribution < 1.29 is 26.7 Å². The third-order valence-corrected chi connectivity index (χ3v) is 6.75. The highest BCUT2D eigenvalue weighted by molar-refractivity contribution is 7.91. The summed E-state index contributed by atoms with van der Waals surface area (Å²) < 4.78 is 62.3. The average Bonchev–Trinajstić information content (AvgIpc) is 3.56. The van der Waals surface area contributed by atoms with E-state index in [1.165, 1.54) is 22.9 Å². The first kappa shape index (κ1) is 21.2. The van der Waals surface area contributed by atoms with Gasteiger partial charge in [-0.3, -0.25) is 4.79 Å². The first-order chi connectivity index (χ1) is 14.6. The average molecular weight is 447 g/mol. The molecule has 0 saturated heterocycles. The highest BCUT2D eigenvalue weighted by Crippen LogP contribution is 2.41. The van der Waals surface area contributed by atoms with E-state index in [2.05, 4.69) is 4.74 Å². The van der Waals surface area contributed by atoms with Gasteiger partial charge in [0.2, 0.25) is 5.43 Å². The largest absolute Gasteiger partial charge is 0.465 e. The van der Waals surface area contributed by atoms with Gasteiger partial charge in [-0.15, -0.1) is 0 Å². The molecule has 0 radical (unpaired) electrons. The molecular weight excluding hydrogens is 428 g/mol. The second-order valence-corrected chi connectivity index (χ2v) is 9.73. The lowest BCUT2D eigenvalue weighted by molar-refractivity contribution is 0.0598. The molecule has 0 amide bonds. The Bertz CT molecular complexity index is 1360. The maximum absolute atomic E-state index is 15.9. The number of sulfone groups is 1. The van der Waals surface area contributed by atoms with Gasteiger partial charge in [-0.1, -0.05) is 30.3 Å². The molecule has 0 spiro atoms. The van der Waals surface area contributed by atoms with Crippen LogP contribution in [0.3, 0.4) is 0 Å². The van der Waals surface area contributed by atoms with Gasteiger partial charge in [-0.25, -0.2) is 22.0 Å². The number of aromatic nitrogens is 1. The summed E-state index contributed by atoms with van der Waals surface area (Å²) in [7, 11) is -2.87. The van der Waals surface area contributed by atoms with E-state index < -0.39 is 43.7 Å². The van der Waals surface area contributed by atoms with Crippen LogP contribution < -0.4 is 5.43 Å². The number of carbonyl (C=O) groups excluding carboxylic acids is 1. The van der Waals surface area contributed by atoms with Gasteiger partial charge in [0.15, 0.2) is 15.7 Å². The highest BCUT2D eigenvalue weighted by atomic mass is 32.2. The van der Waals surface area contributed by atoms with Gasteiger partial charge >= 0.3 is 5.97 Å². The van der Waals surface area contributed by atoms with Crippen LogP contribution in [0.5, 0.6) is 0 Å². The second kappa shape index (κ2) is 7.56. The van der Waals surface area contributed by atoms with Crippen LogP contribution in [0, 0.1) is 11.6 Å². The molecule has 1 atom stereocenters. The SMILES string of the molecule is COC(=O)c1cn(C2CC2)c2c(F)c(C(c3ccccc3)S(C)(=O)=O)c(F)cc2c1=O. The summed E-state index contributed by atoms with van der Waals surface area (Å²) >= 11 is 0. The summed E-state index contributed by atoms with van der Waals surface area (Å²) in [6, 6.07) is 8.39. The lowest BCUT2D eigenvalue weighted by atomic mass is 10.00. The van der Waals surface area contributed by atoms with Crippen LogP contribution in [0.2, 0.25) is 0 Å². The van der Waals surface area contributed by atoms with Crippen LogP contribution in [0.25, 0.3) is 10.9 Å². The maximum Gasteiger partial charge on any atom is 0.343 e. The van der Waals surface area contributed by atoms with Gasteiger partial charge in [-0.05, 0) is 24.5 Å². The molecule has 1 aromatic heterocycles. The van der Waals surface area contributed by atoms with Gasteiger partial charge in [0, 0.05) is 24.1 Å². The van der Waals surface area contributed by atoms with Crippen LogP contribution in [-0.2, 0) is 14.6 Å². The number of methoxy groups -OCH3 is 1. The topological polar surface area (TPSA) is 82.4 Å². The quantitative estimate of drug-likeness (QED) is 0.559. The zero-order valence-corrected chi connectivity index (χ0v) is 17.6.